The minimum atomic E-state index is -0.409. The number of nitrogens with zero attached hydrogens (tertiary/aromatic N) is 1. The van der Waals surface area contributed by atoms with Crippen LogP contribution in [0.5, 0.6) is 0 Å². The van der Waals surface area contributed by atoms with Gasteiger partial charge in [-0.3, -0.25) is 9.59 Å². The maximum Gasteiger partial charge on any atom is 0.243 e. The number of nitrogens with one attached hydrogen (secondary N) is 1. The molecule has 0 aromatic heterocycles. The maximum atomic E-state index is 12.8. The quantitative estimate of drug-likeness (QED) is 0.740. The average Bonchev–Trinajstić information content (AvgIpc) is 2.84. The Morgan fingerprint density at radius 3 is 2.70 bits per heavy atom. The number of fused-ring (bicyclic) bond motifs is 5. The molecule has 4 rings (SSSR count). The number of hydrogen-bond acceptors (Lipinski definition) is 3. The van der Waals surface area contributed by atoms with Crippen molar-refractivity contribution in [2.24, 2.45) is 34.5 Å². The van der Waals surface area contributed by atoms with Gasteiger partial charge >= 0.3 is 0 Å². The van der Waals surface area contributed by atoms with Crippen LogP contribution in [0.25, 0.3) is 0 Å². The van der Waals surface area contributed by atoms with E-state index in [1.807, 2.05) is 14.1 Å². The zero-order chi connectivity index (χ0) is 19.6. The van der Waals surface area contributed by atoms with Gasteiger partial charge in [-0.15, -0.1) is 0 Å². The first-order valence-electron chi connectivity index (χ1n) is 10.6. The van der Waals surface area contributed by atoms with Crippen LogP contribution in [0.15, 0.2) is 11.6 Å². The summed E-state index contributed by atoms with van der Waals surface area (Å²) in [6, 6.07) is 0. The first-order valence-corrected chi connectivity index (χ1v) is 10.6. The molecule has 2 amide bonds. The molecule has 0 aromatic rings. The van der Waals surface area contributed by atoms with Crippen molar-refractivity contribution >= 4 is 11.8 Å². The Morgan fingerprint density at radius 1 is 1.26 bits per heavy atom. The normalized spacial score (nSPS) is 46.3. The molecule has 0 bridgehead atoms. The zero-order valence-electron chi connectivity index (χ0n) is 17.1. The third-order valence-electron chi connectivity index (χ3n) is 8.66. The molecular weight excluding hydrogens is 340 g/mol. The van der Waals surface area contributed by atoms with E-state index in [9.17, 15) is 14.7 Å². The fraction of sp³-hybridized carbons (Fsp3) is 0.818. The standard InChI is InChI=1S/C22H34N2O3/c1-21-9-10-23-18(26)11-13(21)5-6-14-15-7-8-16(20(27)24(3)4)22(15,2)12-17(25)19(14)21/h11,14-17,19,25H,5-10,12H2,1-4H3,(H,23,26)/t14?,15?,16?,17-,19?,21-,22-/m0/s1. The SMILES string of the molecule is CN(C)C(=O)C1CCC2C3CCC4=CC(=O)NCC[C@]4(C)C3[C@@H](O)C[C@]12C. The van der Waals surface area contributed by atoms with Crippen LogP contribution >= 0.6 is 0 Å². The van der Waals surface area contributed by atoms with Crippen molar-refractivity contribution in [1.82, 2.24) is 10.2 Å². The lowest BCUT2D eigenvalue weighted by Gasteiger charge is -2.59. The molecule has 0 saturated heterocycles. The second-order valence-electron chi connectivity index (χ2n) is 10.1. The summed E-state index contributed by atoms with van der Waals surface area (Å²) in [6.07, 6.45) is 6.98. The molecule has 0 radical (unpaired) electrons. The molecule has 3 aliphatic carbocycles. The van der Waals surface area contributed by atoms with Crippen molar-refractivity contribution in [2.75, 3.05) is 20.6 Å². The summed E-state index contributed by atoms with van der Waals surface area (Å²) >= 11 is 0. The molecule has 3 saturated carbocycles. The van der Waals surface area contributed by atoms with E-state index in [0.29, 0.717) is 24.8 Å². The lowest BCUT2D eigenvalue weighted by molar-refractivity contribution is -0.150. The Kier molecular flexibility index (Phi) is 4.45. The fourth-order valence-corrected chi connectivity index (χ4v) is 7.41. The summed E-state index contributed by atoms with van der Waals surface area (Å²) in [5, 5.41) is 14.3. The molecule has 3 fully saturated rings. The van der Waals surface area contributed by atoms with E-state index in [2.05, 4.69) is 19.2 Å². The second-order valence-corrected chi connectivity index (χ2v) is 10.1. The second kappa shape index (κ2) is 6.33. The average molecular weight is 375 g/mol. The zero-order valence-corrected chi connectivity index (χ0v) is 17.1. The van der Waals surface area contributed by atoms with Gasteiger partial charge in [0.05, 0.1) is 6.10 Å². The number of aliphatic hydroxyl groups excluding tert-OH is 1. The molecular formula is C22H34N2O3. The molecule has 1 heterocycles. The summed E-state index contributed by atoms with van der Waals surface area (Å²) in [7, 11) is 3.69. The predicted molar refractivity (Wildman–Crippen MR) is 104 cm³/mol. The van der Waals surface area contributed by atoms with E-state index >= 15 is 0 Å². The van der Waals surface area contributed by atoms with Crippen molar-refractivity contribution in [3.05, 3.63) is 11.6 Å². The summed E-state index contributed by atoms with van der Waals surface area (Å²) in [5.41, 5.74) is 0.991. The van der Waals surface area contributed by atoms with E-state index in [1.165, 1.54) is 5.57 Å². The van der Waals surface area contributed by atoms with Gasteiger partial charge in [0.15, 0.2) is 0 Å². The van der Waals surface area contributed by atoms with Crippen molar-refractivity contribution in [3.8, 4) is 0 Å². The highest BCUT2D eigenvalue weighted by molar-refractivity contribution is 5.88. The molecule has 150 valence electrons. The van der Waals surface area contributed by atoms with Gasteiger partial charge in [-0.2, -0.15) is 0 Å². The Hall–Kier alpha value is -1.36. The van der Waals surface area contributed by atoms with Crippen LogP contribution in [0.1, 0.15) is 52.4 Å². The van der Waals surface area contributed by atoms with Crippen LogP contribution in [0.2, 0.25) is 0 Å². The summed E-state index contributed by atoms with van der Waals surface area (Å²) in [6.45, 7) is 5.19. The van der Waals surface area contributed by atoms with Crippen LogP contribution in [-0.2, 0) is 9.59 Å². The summed E-state index contributed by atoms with van der Waals surface area (Å²) in [5.74, 6) is 1.38. The van der Waals surface area contributed by atoms with Crippen LogP contribution in [0, 0.1) is 34.5 Å². The van der Waals surface area contributed by atoms with Crippen LogP contribution in [0.4, 0.5) is 0 Å². The Balaban J connectivity index is 1.69. The van der Waals surface area contributed by atoms with E-state index in [4.69, 9.17) is 0 Å². The van der Waals surface area contributed by atoms with Crippen LogP contribution in [0.3, 0.4) is 0 Å². The van der Waals surface area contributed by atoms with Crippen molar-refractivity contribution < 1.29 is 14.7 Å². The van der Waals surface area contributed by atoms with Gasteiger partial charge in [0.25, 0.3) is 0 Å². The fourth-order valence-electron chi connectivity index (χ4n) is 7.41. The maximum absolute atomic E-state index is 12.8. The molecule has 27 heavy (non-hydrogen) atoms. The van der Waals surface area contributed by atoms with Crippen molar-refractivity contribution in [2.45, 2.75) is 58.5 Å². The number of carbonyl (C=O) groups is 2. The smallest absolute Gasteiger partial charge is 0.243 e. The number of aliphatic hydroxyl groups is 1. The summed E-state index contributed by atoms with van der Waals surface area (Å²) < 4.78 is 0. The summed E-state index contributed by atoms with van der Waals surface area (Å²) in [4.78, 5) is 26.6. The Labute approximate surface area is 162 Å². The van der Waals surface area contributed by atoms with E-state index in [1.54, 1.807) is 11.0 Å². The first-order chi connectivity index (χ1) is 12.7. The third kappa shape index (κ3) is 2.68. The minimum absolute atomic E-state index is 0.0137. The Bertz CT molecular complexity index is 687. The van der Waals surface area contributed by atoms with Gasteiger partial charge in [0.2, 0.25) is 11.8 Å². The lowest BCUT2D eigenvalue weighted by atomic mass is 9.47. The monoisotopic (exact) mass is 374 g/mol. The highest BCUT2D eigenvalue weighted by Crippen LogP contribution is 2.66. The van der Waals surface area contributed by atoms with Crippen LogP contribution < -0.4 is 5.32 Å². The first kappa shape index (κ1) is 19.0. The van der Waals surface area contributed by atoms with Gasteiger partial charge in [-0.25, -0.2) is 0 Å². The molecule has 4 unspecified atom stereocenters. The van der Waals surface area contributed by atoms with Gasteiger partial charge in [-0.1, -0.05) is 19.4 Å². The largest absolute Gasteiger partial charge is 0.393 e. The molecule has 0 spiro atoms. The minimum Gasteiger partial charge on any atom is -0.393 e. The highest BCUT2D eigenvalue weighted by atomic mass is 16.3. The molecule has 2 N–H and O–H groups in total. The number of carbonyl (C=O) groups excluding carboxylic acids is 2. The molecule has 0 aromatic carbocycles. The lowest BCUT2D eigenvalue weighted by Crippen LogP contribution is -2.57. The van der Waals surface area contributed by atoms with Crippen LogP contribution in [-0.4, -0.2) is 48.6 Å². The van der Waals surface area contributed by atoms with Gasteiger partial charge in [-0.05, 0) is 67.1 Å². The van der Waals surface area contributed by atoms with E-state index in [0.717, 1.165) is 32.1 Å². The molecule has 7 atom stereocenters. The van der Waals surface area contributed by atoms with Gasteiger partial charge in [0.1, 0.15) is 0 Å². The Morgan fingerprint density at radius 2 is 2.00 bits per heavy atom. The predicted octanol–water partition coefficient (Wildman–Crippen LogP) is 2.35. The van der Waals surface area contributed by atoms with Crippen molar-refractivity contribution in [1.29, 1.82) is 0 Å². The van der Waals surface area contributed by atoms with Crippen molar-refractivity contribution in [3.63, 3.8) is 0 Å². The molecule has 5 nitrogen and oxygen atoms in total. The van der Waals surface area contributed by atoms with E-state index in [-0.39, 0.29) is 34.5 Å². The molecule has 4 aliphatic rings. The van der Waals surface area contributed by atoms with E-state index < -0.39 is 6.10 Å². The van der Waals surface area contributed by atoms with Gasteiger partial charge in [0, 0.05) is 32.6 Å². The number of allylic oxidation sites excluding steroid dienone is 1. The number of rotatable bonds is 1. The molecule has 1 aliphatic heterocycles. The molecule has 5 heteroatoms. The highest BCUT2D eigenvalue weighted by Gasteiger charge is 2.62. The number of amides is 2. The topological polar surface area (TPSA) is 69.6 Å². The third-order valence-corrected chi connectivity index (χ3v) is 8.66. The number of hydrogen-bond donors (Lipinski definition) is 2. The van der Waals surface area contributed by atoms with Gasteiger partial charge < -0.3 is 15.3 Å².